The van der Waals surface area contributed by atoms with Crippen molar-refractivity contribution in [3.63, 3.8) is 0 Å². The normalized spacial score (nSPS) is 13.5. The molecule has 1 aromatic rings. The van der Waals surface area contributed by atoms with Crippen molar-refractivity contribution in [2.45, 2.75) is 33.1 Å². The van der Waals surface area contributed by atoms with E-state index < -0.39 is 0 Å². The number of aromatic nitrogens is 1. The van der Waals surface area contributed by atoms with Crippen LogP contribution < -0.4 is 5.32 Å². The van der Waals surface area contributed by atoms with E-state index in [9.17, 15) is 0 Å². The van der Waals surface area contributed by atoms with E-state index in [-0.39, 0.29) is 0 Å². The molecule has 1 atom stereocenters. The number of aryl methyl sites for hydroxylation is 1. The molecule has 0 saturated carbocycles. The highest BCUT2D eigenvalue weighted by Crippen LogP contribution is 2.22. The molecule has 1 N–H and O–H groups in total. The van der Waals surface area contributed by atoms with Crippen molar-refractivity contribution in [2.24, 2.45) is 5.92 Å². The van der Waals surface area contributed by atoms with Crippen LogP contribution in [0.4, 0.5) is 0 Å². The Kier molecular flexibility index (Phi) is 4.14. The first-order chi connectivity index (χ1) is 6.63. The van der Waals surface area contributed by atoms with Gasteiger partial charge in [0.2, 0.25) is 0 Å². The average molecular weight is 196 g/mol. The van der Waals surface area contributed by atoms with Crippen LogP contribution in [0.25, 0.3) is 0 Å². The number of likely N-dealkylation sites (N-methyl/N-ethyl adjacent to an activating group) is 1. The van der Waals surface area contributed by atoms with E-state index in [0.717, 1.165) is 24.4 Å². The minimum atomic E-state index is 0.470. The molecule has 0 fully saturated rings. The Bertz CT molecular complexity index is 268. The van der Waals surface area contributed by atoms with E-state index in [2.05, 4.69) is 24.3 Å². The molecule has 14 heavy (non-hydrogen) atoms. The Morgan fingerprint density at radius 2 is 2.21 bits per heavy atom. The zero-order chi connectivity index (χ0) is 10.6. The number of rotatable bonds is 5. The van der Waals surface area contributed by atoms with Crippen molar-refractivity contribution < 1.29 is 4.52 Å². The largest absolute Gasteiger partial charge is 0.361 e. The van der Waals surface area contributed by atoms with Crippen LogP contribution in [-0.4, -0.2) is 18.7 Å². The monoisotopic (exact) mass is 196 g/mol. The van der Waals surface area contributed by atoms with E-state index >= 15 is 0 Å². The van der Waals surface area contributed by atoms with Crippen LogP contribution in [0.3, 0.4) is 0 Å². The molecule has 0 aliphatic carbocycles. The molecule has 1 heterocycles. The fourth-order valence-electron chi connectivity index (χ4n) is 1.70. The highest BCUT2D eigenvalue weighted by atomic mass is 16.5. The molecule has 0 amide bonds. The molecule has 0 spiro atoms. The minimum absolute atomic E-state index is 0.470. The highest BCUT2D eigenvalue weighted by Gasteiger charge is 2.16. The van der Waals surface area contributed by atoms with Gasteiger partial charge in [0.25, 0.3) is 0 Å². The van der Waals surface area contributed by atoms with E-state index in [1.165, 1.54) is 0 Å². The van der Waals surface area contributed by atoms with E-state index in [4.69, 9.17) is 4.52 Å². The van der Waals surface area contributed by atoms with Gasteiger partial charge in [-0.1, -0.05) is 19.0 Å². The maximum atomic E-state index is 5.10. The molecule has 1 rings (SSSR count). The minimum Gasteiger partial charge on any atom is -0.361 e. The summed E-state index contributed by atoms with van der Waals surface area (Å²) in [5.74, 6) is 2.05. The lowest BCUT2D eigenvalue weighted by Gasteiger charge is -2.15. The van der Waals surface area contributed by atoms with Crippen LogP contribution in [0.1, 0.15) is 37.6 Å². The van der Waals surface area contributed by atoms with Gasteiger partial charge in [0, 0.05) is 18.5 Å². The fourth-order valence-corrected chi connectivity index (χ4v) is 1.70. The summed E-state index contributed by atoms with van der Waals surface area (Å²) in [6, 6.07) is 2.03. The van der Waals surface area contributed by atoms with Crippen molar-refractivity contribution in [3.8, 4) is 0 Å². The van der Waals surface area contributed by atoms with E-state index in [1.807, 2.05) is 20.0 Å². The maximum absolute atomic E-state index is 5.10. The van der Waals surface area contributed by atoms with Gasteiger partial charge in [-0.3, -0.25) is 0 Å². The van der Waals surface area contributed by atoms with Crippen LogP contribution >= 0.6 is 0 Å². The lowest BCUT2D eigenvalue weighted by molar-refractivity contribution is 0.375. The van der Waals surface area contributed by atoms with Crippen LogP contribution in [0.15, 0.2) is 10.6 Å². The van der Waals surface area contributed by atoms with Gasteiger partial charge in [-0.25, -0.2) is 0 Å². The molecule has 0 radical (unpaired) electrons. The molecule has 0 aliphatic rings. The second kappa shape index (κ2) is 5.15. The standard InChI is InChI=1S/C11H20N2O/c1-8(2)5-10(7-12-4)11-6-9(3)14-13-11/h6,8,10,12H,5,7H2,1-4H3. The third kappa shape index (κ3) is 3.14. The summed E-state index contributed by atoms with van der Waals surface area (Å²) in [5, 5.41) is 7.27. The van der Waals surface area contributed by atoms with Gasteiger partial charge < -0.3 is 9.84 Å². The smallest absolute Gasteiger partial charge is 0.133 e. The number of hydrogen-bond donors (Lipinski definition) is 1. The molecular formula is C11H20N2O. The zero-order valence-corrected chi connectivity index (χ0v) is 9.50. The first-order valence-corrected chi connectivity index (χ1v) is 5.21. The van der Waals surface area contributed by atoms with Crippen molar-refractivity contribution in [2.75, 3.05) is 13.6 Å². The Hall–Kier alpha value is -0.830. The predicted molar refractivity (Wildman–Crippen MR) is 57.4 cm³/mol. The quantitative estimate of drug-likeness (QED) is 0.785. The predicted octanol–water partition coefficient (Wildman–Crippen LogP) is 2.33. The second-order valence-corrected chi connectivity index (χ2v) is 4.25. The summed E-state index contributed by atoms with van der Waals surface area (Å²) in [7, 11) is 1.97. The molecule has 3 nitrogen and oxygen atoms in total. The Balaban J connectivity index is 2.66. The molecule has 0 saturated heterocycles. The van der Waals surface area contributed by atoms with Crippen molar-refractivity contribution in [3.05, 3.63) is 17.5 Å². The third-order valence-electron chi connectivity index (χ3n) is 2.27. The van der Waals surface area contributed by atoms with Gasteiger partial charge in [0.1, 0.15) is 5.76 Å². The Labute approximate surface area is 85.9 Å². The van der Waals surface area contributed by atoms with Gasteiger partial charge in [-0.15, -0.1) is 0 Å². The molecule has 0 aromatic carbocycles. The fraction of sp³-hybridized carbons (Fsp3) is 0.727. The van der Waals surface area contributed by atoms with Gasteiger partial charge in [-0.2, -0.15) is 0 Å². The van der Waals surface area contributed by atoms with Gasteiger partial charge in [0.15, 0.2) is 0 Å². The summed E-state index contributed by atoms with van der Waals surface area (Å²) < 4.78 is 5.10. The molecule has 80 valence electrons. The first-order valence-electron chi connectivity index (χ1n) is 5.21. The molecule has 1 unspecified atom stereocenters. The van der Waals surface area contributed by atoms with Crippen molar-refractivity contribution in [1.29, 1.82) is 0 Å². The van der Waals surface area contributed by atoms with Crippen LogP contribution in [0.2, 0.25) is 0 Å². The maximum Gasteiger partial charge on any atom is 0.133 e. The van der Waals surface area contributed by atoms with Crippen LogP contribution in [0.5, 0.6) is 0 Å². The highest BCUT2D eigenvalue weighted by molar-refractivity contribution is 5.10. The second-order valence-electron chi connectivity index (χ2n) is 4.25. The lowest BCUT2D eigenvalue weighted by Crippen LogP contribution is -2.19. The van der Waals surface area contributed by atoms with Gasteiger partial charge >= 0.3 is 0 Å². The molecule has 0 aliphatic heterocycles. The van der Waals surface area contributed by atoms with Crippen LogP contribution in [-0.2, 0) is 0 Å². The number of hydrogen-bond acceptors (Lipinski definition) is 3. The topological polar surface area (TPSA) is 38.1 Å². The number of nitrogens with zero attached hydrogens (tertiary/aromatic N) is 1. The molecule has 3 heteroatoms. The first kappa shape index (κ1) is 11.2. The number of nitrogens with one attached hydrogen (secondary N) is 1. The average Bonchev–Trinajstić information content (AvgIpc) is 2.50. The summed E-state index contributed by atoms with van der Waals surface area (Å²) in [5.41, 5.74) is 1.07. The van der Waals surface area contributed by atoms with Gasteiger partial charge in [0.05, 0.1) is 5.69 Å². The van der Waals surface area contributed by atoms with Crippen LogP contribution in [0, 0.1) is 12.8 Å². The Morgan fingerprint density at radius 1 is 1.50 bits per heavy atom. The lowest BCUT2D eigenvalue weighted by atomic mass is 9.94. The molecule has 0 bridgehead atoms. The third-order valence-corrected chi connectivity index (χ3v) is 2.27. The van der Waals surface area contributed by atoms with Crippen molar-refractivity contribution in [1.82, 2.24) is 10.5 Å². The summed E-state index contributed by atoms with van der Waals surface area (Å²) in [6.45, 7) is 7.36. The van der Waals surface area contributed by atoms with E-state index in [1.54, 1.807) is 0 Å². The zero-order valence-electron chi connectivity index (χ0n) is 9.50. The van der Waals surface area contributed by atoms with Gasteiger partial charge in [-0.05, 0) is 26.3 Å². The van der Waals surface area contributed by atoms with Crippen molar-refractivity contribution >= 4 is 0 Å². The summed E-state index contributed by atoms with van der Waals surface area (Å²) >= 11 is 0. The molecular weight excluding hydrogens is 176 g/mol. The molecule has 1 aromatic heterocycles. The SMILES string of the molecule is CNCC(CC(C)C)c1cc(C)on1. The summed E-state index contributed by atoms with van der Waals surface area (Å²) in [4.78, 5) is 0. The Morgan fingerprint density at radius 3 is 2.64 bits per heavy atom. The van der Waals surface area contributed by atoms with E-state index in [0.29, 0.717) is 11.8 Å². The summed E-state index contributed by atoms with van der Waals surface area (Å²) in [6.07, 6.45) is 1.15.